The molecule has 1 atom stereocenters. The Morgan fingerprint density at radius 3 is 2.33 bits per heavy atom. The Labute approximate surface area is 80.5 Å². The molecular weight excluding hydrogens is 170 g/mol. The van der Waals surface area contributed by atoms with Gasteiger partial charge < -0.3 is 9.59 Å². The van der Waals surface area contributed by atoms with E-state index in [0.717, 1.165) is 16.8 Å². The van der Waals surface area contributed by atoms with Crippen LogP contribution in [-0.4, -0.2) is 48.5 Å². The summed E-state index contributed by atoms with van der Waals surface area (Å²) in [4.78, 5) is 0. The molecule has 1 N–H and O–H groups in total. The number of quaternary nitrogens is 1. The highest BCUT2D eigenvalue weighted by atomic mass is 32.2. The summed E-state index contributed by atoms with van der Waals surface area (Å²) in [6, 6.07) is 0. The SMILES string of the molecule is CCCCSC(O)C[N+](C)(C)C. The van der Waals surface area contributed by atoms with Crippen molar-refractivity contribution in [3.05, 3.63) is 0 Å². The highest BCUT2D eigenvalue weighted by molar-refractivity contribution is 7.99. The van der Waals surface area contributed by atoms with Crippen molar-refractivity contribution in [3.8, 4) is 0 Å². The van der Waals surface area contributed by atoms with E-state index in [-0.39, 0.29) is 5.44 Å². The minimum Gasteiger partial charge on any atom is -0.377 e. The van der Waals surface area contributed by atoms with Gasteiger partial charge >= 0.3 is 0 Å². The number of likely N-dealkylation sites (N-methyl/N-ethyl adjacent to an activating group) is 1. The lowest BCUT2D eigenvalue weighted by atomic mass is 10.4. The molecule has 0 aromatic heterocycles. The van der Waals surface area contributed by atoms with E-state index < -0.39 is 0 Å². The molecule has 0 fully saturated rings. The van der Waals surface area contributed by atoms with Gasteiger partial charge in [-0.15, -0.1) is 11.8 Å². The zero-order chi connectivity index (χ0) is 9.61. The van der Waals surface area contributed by atoms with Gasteiger partial charge in [-0.05, 0) is 12.2 Å². The summed E-state index contributed by atoms with van der Waals surface area (Å²) in [7, 11) is 6.30. The minimum atomic E-state index is -0.198. The fourth-order valence-electron chi connectivity index (χ4n) is 0.885. The first-order valence-corrected chi connectivity index (χ1v) is 5.60. The Hall–Kier alpha value is 0.270. The fourth-order valence-corrected chi connectivity index (χ4v) is 2.17. The molecule has 0 spiro atoms. The van der Waals surface area contributed by atoms with Crippen LogP contribution in [0.2, 0.25) is 0 Å². The summed E-state index contributed by atoms with van der Waals surface area (Å²) in [5.74, 6) is 1.08. The van der Waals surface area contributed by atoms with Crippen molar-refractivity contribution in [1.82, 2.24) is 0 Å². The van der Waals surface area contributed by atoms with E-state index in [4.69, 9.17) is 0 Å². The van der Waals surface area contributed by atoms with Crippen LogP contribution in [-0.2, 0) is 0 Å². The Morgan fingerprint density at radius 2 is 1.92 bits per heavy atom. The van der Waals surface area contributed by atoms with Crippen molar-refractivity contribution < 1.29 is 9.59 Å². The molecule has 74 valence electrons. The van der Waals surface area contributed by atoms with Crippen LogP contribution in [0.15, 0.2) is 0 Å². The second-order valence-corrected chi connectivity index (χ2v) is 5.44. The van der Waals surface area contributed by atoms with E-state index >= 15 is 0 Å². The van der Waals surface area contributed by atoms with E-state index in [9.17, 15) is 5.11 Å². The van der Waals surface area contributed by atoms with Crippen LogP contribution in [0.3, 0.4) is 0 Å². The first-order chi connectivity index (χ1) is 5.45. The third kappa shape index (κ3) is 8.37. The number of rotatable bonds is 6. The second-order valence-electron chi connectivity index (χ2n) is 4.15. The maximum Gasteiger partial charge on any atom is 0.148 e. The van der Waals surface area contributed by atoms with Gasteiger partial charge in [0.25, 0.3) is 0 Å². The molecule has 0 aliphatic heterocycles. The van der Waals surface area contributed by atoms with Gasteiger partial charge in [0.15, 0.2) is 0 Å². The summed E-state index contributed by atoms with van der Waals surface area (Å²) in [6.45, 7) is 3.00. The first-order valence-electron chi connectivity index (χ1n) is 4.56. The highest BCUT2D eigenvalue weighted by Gasteiger charge is 2.14. The molecule has 0 aliphatic rings. The van der Waals surface area contributed by atoms with E-state index in [0.29, 0.717) is 0 Å². The quantitative estimate of drug-likeness (QED) is 0.391. The molecule has 0 aromatic carbocycles. The van der Waals surface area contributed by atoms with Gasteiger partial charge in [-0.1, -0.05) is 13.3 Å². The average Bonchev–Trinajstić information content (AvgIpc) is 1.84. The van der Waals surface area contributed by atoms with Crippen molar-refractivity contribution in [2.24, 2.45) is 0 Å². The van der Waals surface area contributed by atoms with Crippen LogP contribution >= 0.6 is 11.8 Å². The third-order valence-electron chi connectivity index (χ3n) is 1.51. The third-order valence-corrected chi connectivity index (χ3v) is 2.57. The maximum atomic E-state index is 9.56. The number of hydrogen-bond donors (Lipinski definition) is 1. The normalized spacial score (nSPS) is 14.8. The number of hydrogen-bond acceptors (Lipinski definition) is 2. The Morgan fingerprint density at radius 1 is 1.33 bits per heavy atom. The predicted molar refractivity (Wildman–Crippen MR) is 56.3 cm³/mol. The van der Waals surface area contributed by atoms with Crippen LogP contribution < -0.4 is 0 Å². The number of unbranched alkanes of at least 4 members (excludes halogenated alkanes) is 1. The average molecular weight is 192 g/mol. The summed E-state index contributed by atoms with van der Waals surface area (Å²) in [6.07, 6.45) is 2.42. The van der Waals surface area contributed by atoms with Gasteiger partial charge in [0.2, 0.25) is 0 Å². The zero-order valence-electron chi connectivity index (χ0n) is 8.71. The molecule has 0 saturated heterocycles. The molecule has 0 heterocycles. The molecule has 0 saturated carbocycles. The standard InChI is InChI=1S/C9H22NOS/c1-5-6-7-12-9(11)8-10(2,3)4/h9,11H,5-8H2,1-4H3/q+1. The van der Waals surface area contributed by atoms with Gasteiger partial charge in [0.05, 0.1) is 21.1 Å². The Kier molecular flexibility index (Phi) is 5.97. The topological polar surface area (TPSA) is 20.2 Å². The van der Waals surface area contributed by atoms with Crippen LogP contribution in [0.4, 0.5) is 0 Å². The van der Waals surface area contributed by atoms with Crippen LogP contribution in [0, 0.1) is 0 Å². The Balaban J connectivity index is 3.40. The second kappa shape index (κ2) is 5.84. The van der Waals surface area contributed by atoms with E-state index in [1.807, 2.05) is 0 Å². The summed E-state index contributed by atoms with van der Waals surface area (Å²) in [5, 5.41) is 9.56. The molecule has 1 unspecified atom stereocenters. The molecule has 0 rings (SSSR count). The van der Waals surface area contributed by atoms with Crippen LogP contribution in [0.5, 0.6) is 0 Å². The highest BCUT2D eigenvalue weighted by Crippen LogP contribution is 2.12. The molecule has 0 aromatic rings. The minimum absolute atomic E-state index is 0.198. The molecule has 0 aliphatic carbocycles. The smallest absolute Gasteiger partial charge is 0.148 e. The van der Waals surface area contributed by atoms with Gasteiger partial charge in [-0.25, -0.2) is 0 Å². The largest absolute Gasteiger partial charge is 0.377 e. The van der Waals surface area contributed by atoms with Crippen molar-refractivity contribution >= 4 is 11.8 Å². The summed E-state index contributed by atoms with van der Waals surface area (Å²) in [5.41, 5.74) is -0.198. The van der Waals surface area contributed by atoms with Crippen LogP contribution in [0.25, 0.3) is 0 Å². The number of aliphatic hydroxyl groups excluding tert-OH is 1. The first kappa shape index (κ1) is 12.3. The van der Waals surface area contributed by atoms with Gasteiger partial charge in [-0.3, -0.25) is 0 Å². The predicted octanol–water partition coefficient (Wildman–Crippen LogP) is 1.54. The van der Waals surface area contributed by atoms with E-state index in [2.05, 4.69) is 28.1 Å². The lowest BCUT2D eigenvalue weighted by molar-refractivity contribution is -0.871. The van der Waals surface area contributed by atoms with Crippen molar-refractivity contribution in [1.29, 1.82) is 0 Å². The summed E-state index contributed by atoms with van der Waals surface area (Å²) >= 11 is 1.67. The van der Waals surface area contributed by atoms with Gasteiger partial charge in [0.1, 0.15) is 12.0 Å². The van der Waals surface area contributed by atoms with E-state index in [1.165, 1.54) is 12.8 Å². The van der Waals surface area contributed by atoms with Crippen LogP contribution in [0.1, 0.15) is 19.8 Å². The van der Waals surface area contributed by atoms with Gasteiger partial charge in [-0.2, -0.15) is 0 Å². The van der Waals surface area contributed by atoms with E-state index in [1.54, 1.807) is 11.8 Å². The number of thioether (sulfide) groups is 1. The molecule has 3 heteroatoms. The lowest BCUT2D eigenvalue weighted by Gasteiger charge is -2.26. The van der Waals surface area contributed by atoms with Crippen molar-refractivity contribution in [3.63, 3.8) is 0 Å². The van der Waals surface area contributed by atoms with Crippen molar-refractivity contribution in [2.75, 3.05) is 33.4 Å². The lowest BCUT2D eigenvalue weighted by Crippen LogP contribution is -2.40. The molecule has 2 nitrogen and oxygen atoms in total. The summed E-state index contributed by atoms with van der Waals surface area (Å²) < 4.78 is 0.834. The van der Waals surface area contributed by atoms with Gasteiger partial charge in [0, 0.05) is 0 Å². The fraction of sp³-hybridized carbons (Fsp3) is 1.00. The molecule has 0 bridgehead atoms. The number of aliphatic hydroxyl groups is 1. The zero-order valence-corrected chi connectivity index (χ0v) is 9.52. The number of nitrogens with zero attached hydrogens (tertiary/aromatic N) is 1. The molecule has 12 heavy (non-hydrogen) atoms. The Bertz CT molecular complexity index is 112. The molecule has 0 amide bonds. The molecular formula is C9H22NOS+. The van der Waals surface area contributed by atoms with Crippen molar-refractivity contribution in [2.45, 2.75) is 25.2 Å². The maximum absolute atomic E-state index is 9.56. The molecule has 0 radical (unpaired) electrons. The monoisotopic (exact) mass is 192 g/mol.